The normalized spacial score (nSPS) is 22.1. The summed E-state index contributed by atoms with van der Waals surface area (Å²) in [5.41, 5.74) is 0.749. The largest absolute Gasteiger partial charge is 0.497 e. The first-order chi connectivity index (χ1) is 10.1. The predicted molar refractivity (Wildman–Crippen MR) is 82.5 cm³/mol. The summed E-state index contributed by atoms with van der Waals surface area (Å²) in [6.07, 6.45) is 3.65. The van der Waals surface area contributed by atoms with E-state index in [0.29, 0.717) is 0 Å². The fourth-order valence-electron chi connectivity index (χ4n) is 2.82. The van der Waals surface area contributed by atoms with Gasteiger partial charge in [-0.2, -0.15) is 0 Å². The lowest BCUT2D eigenvalue weighted by atomic mass is 9.91. The zero-order valence-corrected chi connectivity index (χ0v) is 12.7. The number of methoxy groups -OCH3 is 1. The van der Waals surface area contributed by atoms with Crippen LogP contribution in [-0.4, -0.2) is 48.8 Å². The predicted octanol–water partition coefficient (Wildman–Crippen LogP) is 1.87. The van der Waals surface area contributed by atoms with Gasteiger partial charge in [-0.05, 0) is 44.2 Å². The van der Waals surface area contributed by atoms with E-state index in [9.17, 15) is 9.90 Å². The van der Waals surface area contributed by atoms with Gasteiger partial charge in [0.15, 0.2) is 0 Å². The molecule has 5 nitrogen and oxygen atoms in total. The summed E-state index contributed by atoms with van der Waals surface area (Å²) in [5, 5.41) is 12.9. The fraction of sp³-hybridized carbons (Fsp3) is 0.562. The third-order valence-electron chi connectivity index (χ3n) is 4.03. The van der Waals surface area contributed by atoms with Crippen molar-refractivity contribution in [3.63, 3.8) is 0 Å². The Morgan fingerprint density at radius 1 is 1.33 bits per heavy atom. The van der Waals surface area contributed by atoms with Crippen LogP contribution in [0, 0.1) is 0 Å². The number of hydrogen-bond donors (Lipinski definition) is 2. The van der Waals surface area contributed by atoms with Crippen LogP contribution in [0.4, 0.5) is 5.69 Å². The van der Waals surface area contributed by atoms with E-state index in [1.165, 1.54) is 0 Å². The average Bonchev–Trinajstić information content (AvgIpc) is 2.48. The molecule has 0 bridgehead atoms. The highest BCUT2D eigenvalue weighted by Gasteiger charge is 2.27. The summed E-state index contributed by atoms with van der Waals surface area (Å²) in [7, 11) is 3.50. The Morgan fingerprint density at radius 3 is 2.62 bits per heavy atom. The maximum Gasteiger partial charge on any atom is 0.238 e. The lowest BCUT2D eigenvalue weighted by Gasteiger charge is -2.34. The standard InChI is InChI=1S/C16H24N2O3/c1-18(14-5-3-4-6-15(14)19)11-16(20)17-12-7-9-13(21-2)10-8-12/h7-10,14-15,19H,3-6,11H2,1-2H3,(H,17,20). The van der Waals surface area contributed by atoms with E-state index in [0.717, 1.165) is 37.1 Å². The molecule has 1 aliphatic carbocycles. The Bertz CT molecular complexity index is 461. The highest BCUT2D eigenvalue weighted by molar-refractivity contribution is 5.92. The molecule has 0 spiro atoms. The van der Waals surface area contributed by atoms with Crippen molar-refractivity contribution in [2.45, 2.75) is 37.8 Å². The van der Waals surface area contributed by atoms with E-state index in [2.05, 4.69) is 5.32 Å². The minimum absolute atomic E-state index is 0.0690. The summed E-state index contributed by atoms with van der Waals surface area (Å²) in [6.45, 7) is 0.285. The smallest absolute Gasteiger partial charge is 0.238 e. The number of aliphatic hydroxyl groups excluding tert-OH is 1. The highest BCUT2D eigenvalue weighted by atomic mass is 16.5. The lowest BCUT2D eigenvalue weighted by molar-refractivity contribution is -0.118. The Kier molecular flexibility index (Phi) is 5.59. The van der Waals surface area contributed by atoms with Gasteiger partial charge in [-0.3, -0.25) is 9.69 Å². The number of nitrogens with one attached hydrogen (secondary N) is 1. The number of ether oxygens (including phenoxy) is 1. The molecule has 1 aromatic carbocycles. The number of rotatable bonds is 5. The number of anilines is 1. The number of likely N-dealkylation sites (N-methyl/N-ethyl adjacent to an activating group) is 1. The first-order valence-electron chi connectivity index (χ1n) is 7.42. The molecule has 1 saturated carbocycles. The summed E-state index contributed by atoms with van der Waals surface area (Å²) < 4.78 is 5.08. The average molecular weight is 292 g/mol. The van der Waals surface area contributed by atoms with E-state index in [-0.39, 0.29) is 24.6 Å². The van der Waals surface area contributed by atoms with Crippen molar-refractivity contribution in [1.29, 1.82) is 0 Å². The van der Waals surface area contributed by atoms with Gasteiger partial charge in [0.05, 0.1) is 19.8 Å². The van der Waals surface area contributed by atoms with Crippen LogP contribution in [0.2, 0.25) is 0 Å². The van der Waals surface area contributed by atoms with Crippen LogP contribution < -0.4 is 10.1 Å². The summed E-state index contributed by atoms with van der Waals surface area (Å²) in [4.78, 5) is 14.0. The molecular weight excluding hydrogens is 268 g/mol. The minimum atomic E-state index is -0.322. The van der Waals surface area contributed by atoms with E-state index in [1.807, 2.05) is 36.2 Å². The van der Waals surface area contributed by atoms with Crippen molar-refractivity contribution in [1.82, 2.24) is 4.90 Å². The molecule has 21 heavy (non-hydrogen) atoms. The van der Waals surface area contributed by atoms with Gasteiger partial charge in [0.1, 0.15) is 5.75 Å². The summed E-state index contributed by atoms with van der Waals surface area (Å²) >= 11 is 0. The van der Waals surface area contributed by atoms with Gasteiger partial charge in [0.2, 0.25) is 5.91 Å². The molecule has 2 unspecified atom stereocenters. The highest BCUT2D eigenvalue weighted by Crippen LogP contribution is 2.22. The van der Waals surface area contributed by atoms with Crippen LogP contribution in [0.1, 0.15) is 25.7 Å². The van der Waals surface area contributed by atoms with Gasteiger partial charge >= 0.3 is 0 Å². The molecule has 0 saturated heterocycles. The van der Waals surface area contributed by atoms with Crippen molar-refractivity contribution in [2.24, 2.45) is 0 Å². The molecule has 2 rings (SSSR count). The molecule has 2 N–H and O–H groups in total. The topological polar surface area (TPSA) is 61.8 Å². The number of benzene rings is 1. The van der Waals surface area contributed by atoms with Crippen molar-refractivity contribution in [3.05, 3.63) is 24.3 Å². The summed E-state index contributed by atoms with van der Waals surface area (Å²) in [5.74, 6) is 0.691. The molecule has 0 heterocycles. The Hall–Kier alpha value is -1.59. The lowest BCUT2D eigenvalue weighted by Crippen LogP contribution is -2.46. The Morgan fingerprint density at radius 2 is 2.00 bits per heavy atom. The number of carbonyl (C=O) groups is 1. The van der Waals surface area contributed by atoms with Crippen LogP contribution in [0.25, 0.3) is 0 Å². The van der Waals surface area contributed by atoms with Crippen LogP contribution in [-0.2, 0) is 4.79 Å². The van der Waals surface area contributed by atoms with Gasteiger partial charge in [-0.1, -0.05) is 12.8 Å². The van der Waals surface area contributed by atoms with Crippen LogP contribution in [0.3, 0.4) is 0 Å². The molecule has 0 radical (unpaired) electrons. The second-order valence-corrected chi connectivity index (χ2v) is 5.61. The monoisotopic (exact) mass is 292 g/mol. The number of nitrogens with zero attached hydrogens (tertiary/aromatic N) is 1. The molecule has 5 heteroatoms. The van der Waals surface area contributed by atoms with Gasteiger partial charge in [-0.15, -0.1) is 0 Å². The molecule has 116 valence electrons. The second-order valence-electron chi connectivity index (χ2n) is 5.61. The van der Waals surface area contributed by atoms with Gasteiger partial charge < -0.3 is 15.2 Å². The molecule has 0 aromatic heterocycles. The molecule has 1 aliphatic rings. The van der Waals surface area contributed by atoms with Crippen molar-refractivity contribution < 1.29 is 14.6 Å². The van der Waals surface area contributed by atoms with Gasteiger partial charge in [0, 0.05) is 11.7 Å². The Labute approximate surface area is 125 Å². The third-order valence-corrected chi connectivity index (χ3v) is 4.03. The third kappa shape index (κ3) is 4.44. The zero-order valence-electron chi connectivity index (χ0n) is 12.7. The molecule has 1 aromatic rings. The fourth-order valence-corrected chi connectivity index (χ4v) is 2.82. The first kappa shape index (κ1) is 15.8. The number of aliphatic hydroxyl groups is 1. The molecule has 0 aliphatic heterocycles. The van der Waals surface area contributed by atoms with Crippen LogP contribution >= 0.6 is 0 Å². The molecule has 1 amide bonds. The van der Waals surface area contributed by atoms with Gasteiger partial charge in [-0.25, -0.2) is 0 Å². The van der Waals surface area contributed by atoms with Crippen molar-refractivity contribution in [2.75, 3.05) is 26.0 Å². The molecule has 2 atom stereocenters. The number of carbonyl (C=O) groups excluding carboxylic acids is 1. The van der Waals surface area contributed by atoms with E-state index < -0.39 is 0 Å². The van der Waals surface area contributed by atoms with Crippen molar-refractivity contribution in [3.8, 4) is 5.75 Å². The van der Waals surface area contributed by atoms with E-state index in [4.69, 9.17) is 4.74 Å². The maximum absolute atomic E-state index is 12.1. The Balaban J connectivity index is 1.85. The van der Waals surface area contributed by atoms with E-state index in [1.54, 1.807) is 7.11 Å². The summed E-state index contributed by atoms with van der Waals surface area (Å²) in [6, 6.07) is 7.33. The SMILES string of the molecule is COc1ccc(NC(=O)CN(C)C2CCCCC2O)cc1. The zero-order chi connectivity index (χ0) is 15.2. The van der Waals surface area contributed by atoms with Crippen molar-refractivity contribution >= 4 is 11.6 Å². The first-order valence-corrected chi connectivity index (χ1v) is 7.42. The molecule has 1 fully saturated rings. The quantitative estimate of drug-likeness (QED) is 0.869. The number of hydrogen-bond acceptors (Lipinski definition) is 4. The van der Waals surface area contributed by atoms with E-state index >= 15 is 0 Å². The van der Waals surface area contributed by atoms with Crippen LogP contribution in [0.5, 0.6) is 5.75 Å². The second kappa shape index (κ2) is 7.43. The maximum atomic E-state index is 12.1. The number of amides is 1. The van der Waals surface area contributed by atoms with Gasteiger partial charge in [0.25, 0.3) is 0 Å². The molecular formula is C16H24N2O3. The van der Waals surface area contributed by atoms with Crippen LogP contribution in [0.15, 0.2) is 24.3 Å². The minimum Gasteiger partial charge on any atom is -0.497 e.